The van der Waals surface area contributed by atoms with Crippen molar-refractivity contribution in [2.24, 2.45) is 5.92 Å². The van der Waals surface area contributed by atoms with E-state index in [0.29, 0.717) is 12.3 Å². The summed E-state index contributed by atoms with van der Waals surface area (Å²) >= 11 is 5.15. The molecule has 26 heavy (non-hydrogen) atoms. The molecule has 2 heterocycles. The van der Waals surface area contributed by atoms with Crippen LogP contribution in [0.15, 0.2) is 46.3 Å². The molecule has 140 valence electrons. The smallest absolute Gasteiger partial charge is 0.258 e. The quantitative estimate of drug-likeness (QED) is 0.695. The highest BCUT2D eigenvalue weighted by Crippen LogP contribution is 2.29. The van der Waals surface area contributed by atoms with Crippen molar-refractivity contribution in [1.29, 1.82) is 0 Å². The number of rotatable bonds is 7. The minimum Gasteiger partial charge on any atom is -0.484 e. The van der Waals surface area contributed by atoms with Crippen LogP contribution in [0.1, 0.15) is 30.7 Å². The van der Waals surface area contributed by atoms with Crippen molar-refractivity contribution in [3.63, 3.8) is 0 Å². The number of carbonyl (C=O) groups is 1. The maximum atomic E-state index is 12.2. The van der Waals surface area contributed by atoms with Crippen LogP contribution in [0.25, 0.3) is 0 Å². The fraction of sp³-hybridized carbons (Fsp3) is 0.450. The molecule has 0 spiro atoms. The van der Waals surface area contributed by atoms with Crippen LogP contribution in [0.2, 0.25) is 0 Å². The van der Waals surface area contributed by atoms with Crippen molar-refractivity contribution in [3.8, 4) is 5.75 Å². The van der Waals surface area contributed by atoms with Gasteiger partial charge in [0.25, 0.3) is 5.91 Å². The number of ether oxygens (including phenoxy) is 1. The van der Waals surface area contributed by atoms with Gasteiger partial charge in [-0.25, -0.2) is 0 Å². The number of likely N-dealkylation sites (tertiary alicyclic amines) is 1. The molecule has 6 heteroatoms. The van der Waals surface area contributed by atoms with Crippen LogP contribution in [0, 0.1) is 5.92 Å². The molecule has 1 saturated heterocycles. The van der Waals surface area contributed by atoms with Gasteiger partial charge in [0, 0.05) is 15.9 Å². The van der Waals surface area contributed by atoms with E-state index in [0.717, 1.165) is 23.5 Å². The summed E-state index contributed by atoms with van der Waals surface area (Å²) in [5.74, 6) is 1.41. The van der Waals surface area contributed by atoms with Crippen LogP contribution in [-0.2, 0) is 4.79 Å². The number of nitrogens with zero attached hydrogens (tertiary/aromatic N) is 1. The van der Waals surface area contributed by atoms with Crippen molar-refractivity contribution in [3.05, 3.63) is 51.1 Å². The van der Waals surface area contributed by atoms with Gasteiger partial charge in [0.1, 0.15) is 5.75 Å². The van der Waals surface area contributed by atoms with Gasteiger partial charge in [-0.1, -0.05) is 28.9 Å². The molecule has 4 nitrogen and oxygen atoms in total. The van der Waals surface area contributed by atoms with E-state index in [4.69, 9.17) is 4.74 Å². The van der Waals surface area contributed by atoms with Gasteiger partial charge in [-0.3, -0.25) is 9.69 Å². The molecule has 0 radical (unpaired) electrons. The average molecular weight is 437 g/mol. The van der Waals surface area contributed by atoms with E-state index >= 15 is 0 Å². The van der Waals surface area contributed by atoms with Crippen LogP contribution in [0.4, 0.5) is 0 Å². The van der Waals surface area contributed by atoms with Gasteiger partial charge in [-0.15, -0.1) is 11.3 Å². The first-order chi connectivity index (χ1) is 12.6. The summed E-state index contributed by atoms with van der Waals surface area (Å²) in [7, 11) is 0. The molecule has 1 aliphatic rings. The van der Waals surface area contributed by atoms with Crippen molar-refractivity contribution in [2.75, 3.05) is 26.2 Å². The summed E-state index contributed by atoms with van der Waals surface area (Å²) in [5.41, 5.74) is 0. The molecule has 1 unspecified atom stereocenters. The largest absolute Gasteiger partial charge is 0.484 e. The SMILES string of the molecule is CC1CCN(C(CNC(=O)COc2ccc(Br)cc2)c2cccs2)CC1. The normalized spacial score (nSPS) is 17.0. The Morgan fingerprint density at radius 3 is 2.69 bits per heavy atom. The first kappa shape index (κ1) is 19.4. The summed E-state index contributed by atoms with van der Waals surface area (Å²) in [6.07, 6.45) is 2.45. The monoisotopic (exact) mass is 436 g/mol. The van der Waals surface area contributed by atoms with Gasteiger partial charge in [0.2, 0.25) is 0 Å². The Labute approximate surface area is 167 Å². The fourth-order valence-corrected chi connectivity index (χ4v) is 4.30. The Hall–Kier alpha value is -1.37. The predicted octanol–water partition coefficient (Wildman–Crippen LogP) is 4.48. The average Bonchev–Trinajstić information content (AvgIpc) is 3.17. The zero-order chi connectivity index (χ0) is 18.4. The zero-order valence-electron chi connectivity index (χ0n) is 15.0. The van der Waals surface area contributed by atoms with E-state index in [1.807, 2.05) is 24.3 Å². The molecule has 2 aromatic rings. The zero-order valence-corrected chi connectivity index (χ0v) is 17.4. The molecular formula is C20H25BrN2O2S. The van der Waals surface area contributed by atoms with E-state index in [1.165, 1.54) is 17.7 Å². The number of nitrogens with one attached hydrogen (secondary N) is 1. The molecule has 1 aliphatic heterocycles. The number of benzene rings is 1. The number of halogens is 1. The molecule has 0 bridgehead atoms. The van der Waals surface area contributed by atoms with Crippen molar-refractivity contribution in [2.45, 2.75) is 25.8 Å². The lowest BCUT2D eigenvalue weighted by Gasteiger charge is -2.36. The first-order valence-corrected chi connectivity index (χ1v) is 10.7. The van der Waals surface area contributed by atoms with Crippen molar-refractivity contribution < 1.29 is 9.53 Å². The summed E-state index contributed by atoms with van der Waals surface area (Å²) in [6.45, 7) is 5.16. The number of carbonyl (C=O) groups excluding carboxylic acids is 1. The second-order valence-corrected chi connectivity index (χ2v) is 8.69. The van der Waals surface area contributed by atoms with E-state index in [9.17, 15) is 4.79 Å². The lowest BCUT2D eigenvalue weighted by Crippen LogP contribution is -2.42. The number of piperidine rings is 1. The summed E-state index contributed by atoms with van der Waals surface area (Å²) in [5, 5.41) is 5.16. The Kier molecular flexibility index (Phi) is 7.11. The van der Waals surface area contributed by atoms with Gasteiger partial charge in [0.15, 0.2) is 6.61 Å². The lowest BCUT2D eigenvalue weighted by molar-refractivity contribution is -0.123. The molecule has 1 aromatic heterocycles. The third-order valence-electron chi connectivity index (χ3n) is 4.81. The summed E-state index contributed by atoms with van der Waals surface area (Å²) in [6, 6.07) is 12.0. The minimum atomic E-state index is -0.0835. The Bertz CT molecular complexity index is 682. The van der Waals surface area contributed by atoms with E-state index in [1.54, 1.807) is 11.3 Å². The van der Waals surface area contributed by atoms with Crippen LogP contribution in [-0.4, -0.2) is 37.0 Å². The molecule has 1 aromatic carbocycles. The molecule has 1 fully saturated rings. The second kappa shape index (κ2) is 9.53. The highest BCUT2D eigenvalue weighted by Gasteiger charge is 2.25. The van der Waals surface area contributed by atoms with Crippen LogP contribution in [0.3, 0.4) is 0 Å². The van der Waals surface area contributed by atoms with E-state index < -0.39 is 0 Å². The molecule has 0 aliphatic carbocycles. The van der Waals surface area contributed by atoms with Crippen LogP contribution >= 0.6 is 27.3 Å². The van der Waals surface area contributed by atoms with Crippen LogP contribution < -0.4 is 10.1 Å². The Morgan fingerprint density at radius 2 is 2.04 bits per heavy atom. The Morgan fingerprint density at radius 1 is 1.31 bits per heavy atom. The third kappa shape index (κ3) is 5.56. The minimum absolute atomic E-state index is 0.0375. The molecule has 1 atom stereocenters. The van der Waals surface area contributed by atoms with E-state index in [2.05, 4.69) is 50.6 Å². The summed E-state index contributed by atoms with van der Waals surface area (Å²) < 4.78 is 6.55. The summed E-state index contributed by atoms with van der Waals surface area (Å²) in [4.78, 5) is 16.0. The second-order valence-electron chi connectivity index (χ2n) is 6.80. The van der Waals surface area contributed by atoms with Crippen LogP contribution in [0.5, 0.6) is 5.75 Å². The van der Waals surface area contributed by atoms with Gasteiger partial charge < -0.3 is 10.1 Å². The molecule has 3 rings (SSSR count). The molecular weight excluding hydrogens is 412 g/mol. The maximum absolute atomic E-state index is 12.2. The predicted molar refractivity (Wildman–Crippen MR) is 110 cm³/mol. The molecule has 1 amide bonds. The number of hydrogen-bond acceptors (Lipinski definition) is 4. The highest BCUT2D eigenvalue weighted by molar-refractivity contribution is 9.10. The van der Waals surface area contributed by atoms with Gasteiger partial charge >= 0.3 is 0 Å². The van der Waals surface area contributed by atoms with Crippen molar-refractivity contribution in [1.82, 2.24) is 10.2 Å². The van der Waals surface area contributed by atoms with Gasteiger partial charge in [-0.2, -0.15) is 0 Å². The van der Waals surface area contributed by atoms with Gasteiger partial charge in [-0.05, 0) is 67.6 Å². The maximum Gasteiger partial charge on any atom is 0.258 e. The topological polar surface area (TPSA) is 41.6 Å². The highest BCUT2D eigenvalue weighted by atomic mass is 79.9. The molecule has 1 N–H and O–H groups in total. The fourth-order valence-electron chi connectivity index (χ4n) is 3.17. The third-order valence-corrected chi connectivity index (χ3v) is 6.31. The lowest BCUT2D eigenvalue weighted by atomic mass is 9.97. The van der Waals surface area contributed by atoms with E-state index in [-0.39, 0.29) is 18.6 Å². The number of hydrogen-bond donors (Lipinski definition) is 1. The number of thiophene rings is 1. The standard InChI is InChI=1S/C20H25BrN2O2S/c1-15-8-10-23(11-9-15)18(19-3-2-12-26-19)13-22-20(24)14-25-17-6-4-16(21)5-7-17/h2-7,12,15,18H,8-11,13-14H2,1H3,(H,22,24). The number of amides is 1. The first-order valence-electron chi connectivity index (χ1n) is 9.04. The Balaban J connectivity index is 1.52. The molecule has 0 saturated carbocycles. The van der Waals surface area contributed by atoms with Gasteiger partial charge in [0.05, 0.1) is 6.04 Å². The van der Waals surface area contributed by atoms with Crippen molar-refractivity contribution >= 4 is 33.2 Å².